The van der Waals surface area contributed by atoms with E-state index in [1.165, 1.54) is 0 Å². The molecule has 112 valence electrons. The fourth-order valence-corrected chi connectivity index (χ4v) is 2.12. The highest BCUT2D eigenvalue weighted by Crippen LogP contribution is 2.23. The van der Waals surface area contributed by atoms with E-state index in [0.717, 1.165) is 33.6 Å². The molecule has 1 aromatic heterocycles. The Kier molecular flexibility index (Phi) is 5.02. The van der Waals surface area contributed by atoms with Crippen molar-refractivity contribution >= 4 is 23.2 Å². The molecule has 21 heavy (non-hydrogen) atoms. The maximum absolute atomic E-state index is 5.90. The minimum Gasteiger partial charge on any atom is -0.373 e. The topological polar surface area (TPSA) is 49.8 Å². The van der Waals surface area contributed by atoms with Gasteiger partial charge in [0.1, 0.15) is 17.5 Å². The van der Waals surface area contributed by atoms with Crippen molar-refractivity contribution in [2.24, 2.45) is 0 Å². The predicted octanol–water partition coefficient (Wildman–Crippen LogP) is 4.22. The van der Waals surface area contributed by atoms with Crippen molar-refractivity contribution in [2.45, 2.75) is 33.2 Å². The molecule has 2 aromatic rings. The van der Waals surface area contributed by atoms with Crippen LogP contribution in [0, 0.1) is 6.92 Å². The molecule has 0 radical (unpaired) electrons. The van der Waals surface area contributed by atoms with E-state index < -0.39 is 0 Å². The molecule has 1 heterocycles. The molecular weight excluding hydrogens is 284 g/mol. The van der Waals surface area contributed by atoms with Crippen LogP contribution < -0.4 is 10.6 Å². The number of nitrogens with one attached hydrogen (secondary N) is 2. The van der Waals surface area contributed by atoms with Crippen molar-refractivity contribution in [3.63, 3.8) is 0 Å². The molecule has 0 amide bonds. The van der Waals surface area contributed by atoms with Gasteiger partial charge in [0.05, 0.1) is 0 Å². The van der Waals surface area contributed by atoms with Crippen molar-refractivity contribution < 1.29 is 0 Å². The fourth-order valence-electron chi connectivity index (χ4n) is 2.00. The third-order valence-electron chi connectivity index (χ3n) is 3.29. The van der Waals surface area contributed by atoms with Crippen LogP contribution in [-0.4, -0.2) is 17.0 Å². The molecule has 4 nitrogen and oxygen atoms in total. The zero-order chi connectivity index (χ0) is 15.4. The van der Waals surface area contributed by atoms with Gasteiger partial charge in [-0.25, -0.2) is 9.97 Å². The molecular formula is C16H21ClN4. The van der Waals surface area contributed by atoms with Crippen LogP contribution in [0.25, 0.3) is 0 Å². The summed E-state index contributed by atoms with van der Waals surface area (Å²) in [5.41, 5.74) is 2.19. The highest BCUT2D eigenvalue weighted by atomic mass is 35.5. The molecule has 0 saturated heterocycles. The second kappa shape index (κ2) is 6.76. The van der Waals surface area contributed by atoms with E-state index in [-0.39, 0.29) is 5.92 Å². The molecule has 5 heteroatoms. The minimum absolute atomic E-state index is 0.286. The number of anilines is 2. The fraction of sp³-hybridized carbons (Fsp3) is 0.375. The third kappa shape index (κ3) is 3.85. The zero-order valence-corrected chi connectivity index (χ0v) is 13.6. The smallest absolute Gasteiger partial charge is 0.135 e. The molecule has 2 rings (SSSR count). The van der Waals surface area contributed by atoms with Gasteiger partial charge in [-0.3, -0.25) is 0 Å². The standard InChI is InChI=1S/C16H21ClN4/c1-10(2)14-20-15(18-4)11(3)16(21-14)19-9-12-5-7-13(17)8-6-12/h5-8,10H,9H2,1-4H3,(H2,18,19,20,21). The number of halogens is 1. The quantitative estimate of drug-likeness (QED) is 0.868. The van der Waals surface area contributed by atoms with Gasteiger partial charge in [0.2, 0.25) is 0 Å². The number of rotatable bonds is 5. The summed E-state index contributed by atoms with van der Waals surface area (Å²) in [5.74, 6) is 2.86. The molecule has 0 unspecified atom stereocenters. The van der Waals surface area contributed by atoms with E-state index in [9.17, 15) is 0 Å². The summed E-state index contributed by atoms with van der Waals surface area (Å²) in [6.07, 6.45) is 0. The van der Waals surface area contributed by atoms with Crippen LogP contribution in [0.1, 0.15) is 36.7 Å². The van der Waals surface area contributed by atoms with E-state index in [2.05, 4.69) is 34.4 Å². The Morgan fingerprint density at radius 2 is 1.71 bits per heavy atom. The molecule has 0 aliphatic carbocycles. The summed E-state index contributed by atoms with van der Waals surface area (Å²) in [4.78, 5) is 9.16. The number of hydrogen-bond donors (Lipinski definition) is 2. The molecule has 0 bridgehead atoms. The van der Waals surface area contributed by atoms with Gasteiger partial charge in [-0.1, -0.05) is 37.6 Å². The molecule has 1 aromatic carbocycles. The van der Waals surface area contributed by atoms with Crippen LogP contribution in [0.3, 0.4) is 0 Å². The lowest BCUT2D eigenvalue weighted by Gasteiger charge is -2.15. The minimum atomic E-state index is 0.286. The van der Waals surface area contributed by atoms with Crippen molar-refractivity contribution in [2.75, 3.05) is 17.7 Å². The van der Waals surface area contributed by atoms with Crippen LogP contribution in [0.15, 0.2) is 24.3 Å². The maximum Gasteiger partial charge on any atom is 0.135 e. The average molecular weight is 305 g/mol. The lowest BCUT2D eigenvalue weighted by molar-refractivity contribution is 0.773. The van der Waals surface area contributed by atoms with Crippen molar-refractivity contribution in [3.05, 3.63) is 46.2 Å². The number of aromatic nitrogens is 2. The summed E-state index contributed by atoms with van der Waals surface area (Å²) in [6, 6.07) is 7.80. The summed E-state index contributed by atoms with van der Waals surface area (Å²) >= 11 is 5.90. The highest BCUT2D eigenvalue weighted by molar-refractivity contribution is 6.30. The maximum atomic E-state index is 5.90. The van der Waals surface area contributed by atoms with Gasteiger partial charge in [0.25, 0.3) is 0 Å². The van der Waals surface area contributed by atoms with Gasteiger partial charge in [0, 0.05) is 30.1 Å². The first-order valence-corrected chi connectivity index (χ1v) is 7.43. The van der Waals surface area contributed by atoms with Crippen molar-refractivity contribution in [3.8, 4) is 0 Å². The lowest BCUT2D eigenvalue weighted by Crippen LogP contribution is -2.10. The third-order valence-corrected chi connectivity index (χ3v) is 3.54. The molecule has 0 spiro atoms. The van der Waals surface area contributed by atoms with E-state index >= 15 is 0 Å². The van der Waals surface area contributed by atoms with Crippen LogP contribution in [0.5, 0.6) is 0 Å². The van der Waals surface area contributed by atoms with Gasteiger partial charge >= 0.3 is 0 Å². The average Bonchev–Trinajstić information content (AvgIpc) is 2.47. The predicted molar refractivity (Wildman–Crippen MR) is 89.2 cm³/mol. The molecule has 2 N–H and O–H groups in total. The Hall–Kier alpha value is -1.81. The number of benzene rings is 1. The van der Waals surface area contributed by atoms with E-state index in [0.29, 0.717) is 6.54 Å². The Morgan fingerprint density at radius 1 is 1.10 bits per heavy atom. The van der Waals surface area contributed by atoms with Crippen LogP contribution in [0.4, 0.5) is 11.6 Å². The van der Waals surface area contributed by atoms with Crippen LogP contribution in [0.2, 0.25) is 5.02 Å². The van der Waals surface area contributed by atoms with Crippen molar-refractivity contribution in [1.29, 1.82) is 0 Å². The van der Waals surface area contributed by atoms with E-state index in [1.807, 2.05) is 38.2 Å². The van der Waals surface area contributed by atoms with Gasteiger partial charge in [0.15, 0.2) is 0 Å². The van der Waals surface area contributed by atoms with Crippen LogP contribution in [-0.2, 0) is 6.54 Å². The summed E-state index contributed by atoms with van der Waals surface area (Å²) in [7, 11) is 1.88. The molecule has 0 aliphatic heterocycles. The van der Waals surface area contributed by atoms with E-state index in [1.54, 1.807) is 0 Å². The first kappa shape index (κ1) is 15.6. The Morgan fingerprint density at radius 3 is 2.29 bits per heavy atom. The second-order valence-corrected chi connectivity index (χ2v) is 5.73. The molecule has 0 fully saturated rings. The summed E-state index contributed by atoms with van der Waals surface area (Å²) in [6.45, 7) is 6.90. The normalized spacial score (nSPS) is 10.8. The van der Waals surface area contributed by atoms with Crippen molar-refractivity contribution in [1.82, 2.24) is 9.97 Å². The molecule has 0 aliphatic rings. The highest BCUT2D eigenvalue weighted by Gasteiger charge is 2.12. The van der Waals surface area contributed by atoms with Gasteiger partial charge in [-0.2, -0.15) is 0 Å². The first-order chi connectivity index (χ1) is 10.0. The summed E-state index contributed by atoms with van der Waals surface area (Å²) in [5, 5.41) is 7.26. The largest absolute Gasteiger partial charge is 0.373 e. The SMILES string of the molecule is CNc1nc(C(C)C)nc(NCc2ccc(Cl)cc2)c1C. The number of nitrogens with zero attached hydrogens (tertiary/aromatic N) is 2. The Balaban J connectivity index is 2.22. The first-order valence-electron chi connectivity index (χ1n) is 7.06. The van der Waals surface area contributed by atoms with Gasteiger partial charge in [-0.15, -0.1) is 0 Å². The van der Waals surface area contributed by atoms with Crippen LogP contribution >= 0.6 is 11.6 Å². The Bertz CT molecular complexity index is 608. The zero-order valence-electron chi connectivity index (χ0n) is 12.9. The summed E-state index contributed by atoms with van der Waals surface area (Å²) < 4.78 is 0. The molecule has 0 atom stereocenters. The van der Waals surface area contributed by atoms with Gasteiger partial charge < -0.3 is 10.6 Å². The second-order valence-electron chi connectivity index (χ2n) is 5.29. The Labute approximate surface area is 131 Å². The van der Waals surface area contributed by atoms with E-state index in [4.69, 9.17) is 11.6 Å². The van der Waals surface area contributed by atoms with Gasteiger partial charge in [-0.05, 0) is 24.6 Å². The number of hydrogen-bond acceptors (Lipinski definition) is 4. The molecule has 0 saturated carbocycles. The lowest BCUT2D eigenvalue weighted by atomic mass is 10.2. The monoisotopic (exact) mass is 304 g/mol.